The Labute approximate surface area is 112 Å². The summed E-state index contributed by atoms with van der Waals surface area (Å²) in [6.45, 7) is 8.02. The molecule has 1 amide bonds. The van der Waals surface area contributed by atoms with Crippen molar-refractivity contribution in [3.63, 3.8) is 0 Å². The van der Waals surface area contributed by atoms with Crippen molar-refractivity contribution in [3.8, 4) is 0 Å². The molecule has 0 saturated carbocycles. The minimum absolute atomic E-state index is 0.00746. The molecule has 0 radical (unpaired) electrons. The Bertz CT molecular complexity index is 388. The van der Waals surface area contributed by atoms with Gasteiger partial charge in [-0.05, 0) is 36.1 Å². The molecule has 0 bridgehead atoms. The number of hydrogen-bond donors (Lipinski definition) is 1. The number of anilines is 1. The topological polar surface area (TPSA) is 29.1 Å². The summed E-state index contributed by atoms with van der Waals surface area (Å²) in [5, 5.41) is 3.05. The third-order valence-electron chi connectivity index (χ3n) is 2.80. The van der Waals surface area contributed by atoms with Crippen LogP contribution >= 0.6 is 15.9 Å². The SMILES string of the molecule is CCc1cc(Br)cc(CC)c1NC(=O)C(C)C. The monoisotopic (exact) mass is 297 g/mol. The Balaban J connectivity index is 3.15. The second kappa shape index (κ2) is 6.20. The first-order valence-corrected chi connectivity index (χ1v) is 6.91. The zero-order chi connectivity index (χ0) is 13.0. The van der Waals surface area contributed by atoms with Gasteiger partial charge >= 0.3 is 0 Å². The molecule has 1 N–H and O–H groups in total. The molecule has 17 heavy (non-hydrogen) atoms. The summed E-state index contributed by atoms with van der Waals surface area (Å²) in [5.74, 6) is 0.0878. The van der Waals surface area contributed by atoms with Gasteiger partial charge in [-0.3, -0.25) is 4.79 Å². The maximum absolute atomic E-state index is 11.8. The fourth-order valence-corrected chi connectivity index (χ4v) is 2.26. The van der Waals surface area contributed by atoms with E-state index in [-0.39, 0.29) is 11.8 Å². The standard InChI is InChI=1S/C14H20BrNO/c1-5-10-7-12(15)8-11(6-2)13(10)16-14(17)9(3)4/h7-9H,5-6H2,1-4H3,(H,16,17). The first-order valence-electron chi connectivity index (χ1n) is 6.11. The van der Waals surface area contributed by atoms with Crippen LogP contribution in [0.2, 0.25) is 0 Å². The van der Waals surface area contributed by atoms with Gasteiger partial charge in [0.2, 0.25) is 5.91 Å². The molecule has 0 unspecified atom stereocenters. The Morgan fingerprint density at radius 2 is 1.71 bits per heavy atom. The molecule has 0 saturated heterocycles. The molecule has 1 aromatic carbocycles. The summed E-state index contributed by atoms with van der Waals surface area (Å²) in [5.41, 5.74) is 3.37. The zero-order valence-corrected chi connectivity index (χ0v) is 12.5. The van der Waals surface area contributed by atoms with Crippen LogP contribution in [0.1, 0.15) is 38.8 Å². The number of rotatable bonds is 4. The normalized spacial score (nSPS) is 10.7. The lowest BCUT2D eigenvalue weighted by Gasteiger charge is -2.16. The number of hydrogen-bond acceptors (Lipinski definition) is 1. The van der Waals surface area contributed by atoms with Gasteiger partial charge < -0.3 is 5.32 Å². The summed E-state index contributed by atoms with van der Waals surface area (Å²) >= 11 is 3.51. The van der Waals surface area contributed by atoms with Gasteiger partial charge in [0.05, 0.1) is 0 Å². The van der Waals surface area contributed by atoms with E-state index in [0.29, 0.717) is 0 Å². The van der Waals surface area contributed by atoms with Crippen molar-refractivity contribution in [2.45, 2.75) is 40.5 Å². The number of carbonyl (C=O) groups excluding carboxylic acids is 1. The lowest BCUT2D eigenvalue weighted by atomic mass is 10.0. The molecule has 0 aliphatic heterocycles. The van der Waals surface area contributed by atoms with Crippen LogP contribution < -0.4 is 5.32 Å². The quantitative estimate of drug-likeness (QED) is 0.888. The summed E-state index contributed by atoms with van der Waals surface area (Å²) in [7, 11) is 0. The van der Waals surface area contributed by atoms with E-state index in [1.54, 1.807) is 0 Å². The second-order valence-electron chi connectivity index (χ2n) is 4.45. The number of benzene rings is 1. The third-order valence-corrected chi connectivity index (χ3v) is 3.26. The van der Waals surface area contributed by atoms with Crippen molar-refractivity contribution in [2.75, 3.05) is 5.32 Å². The number of carbonyl (C=O) groups is 1. The van der Waals surface area contributed by atoms with E-state index in [1.807, 2.05) is 13.8 Å². The maximum Gasteiger partial charge on any atom is 0.226 e. The smallest absolute Gasteiger partial charge is 0.226 e. The van der Waals surface area contributed by atoms with E-state index >= 15 is 0 Å². The number of nitrogens with one attached hydrogen (secondary N) is 1. The van der Waals surface area contributed by atoms with Crippen molar-refractivity contribution in [2.24, 2.45) is 5.92 Å². The van der Waals surface area contributed by atoms with E-state index in [4.69, 9.17) is 0 Å². The van der Waals surface area contributed by atoms with Crippen molar-refractivity contribution >= 4 is 27.5 Å². The minimum Gasteiger partial charge on any atom is -0.325 e. The van der Waals surface area contributed by atoms with Crippen LogP contribution in [-0.2, 0) is 17.6 Å². The molecule has 0 atom stereocenters. The summed E-state index contributed by atoms with van der Waals surface area (Å²) < 4.78 is 1.08. The van der Waals surface area contributed by atoms with Crippen LogP contribution in [0.3, 0.4) is 0 Å². The van der Waals surface area contributed by atoms with Gasteiger partial charge in [0.1, 0.15) is 0 Å². The molecular weight excluding hydrogens is 278 g/mol. The Kier molecular flexibility index (Phi) is 5.19. The maximum atomic E-state index is 11.8. The summed E-state index contributed by atoms with van der Waals surface area (Å²) in [6, 6.07) is 4.16. The molecule has 0 spiro atoms. The van der Waals surface area contributed by atoms with E-state index in [1.165, 1.54) is 11.1 Å². The highest BCUT2D eigenvalue weighted by atomic mass is 79.9. The predicted octanol–water partition coefficient (Wildman–Crippen LogP) is 4.17. The Hall–Kier alpha value is -0.830. The fraction of sp³-hybridized carbons (Fsp3) is 0.500. The average Bonchev–Trinajstić information content (AvgIpc) is 2.30. The number of amides is 1. The minimum atomic E-state index is 0.00746. The van der Waals surface area contributed by atoms with Crippen LogP contribution in [0, 0.1) is 5.92 Å². The summed E-state index contributed by atoms with van der Waals surface area (Å²) in [4.78, 5) is 11.8. The molecule has 2 nitrogen and oxygen atoms in total. The van der Waals surface area contributed by atoms with Gasteiger partial charge in [-0.1, -0.05) is 43.6 Å². The first kappa shape index (κ1) is 14.2. The van der Waals surface area contributed by atoms with Gasteiger partial charge in [0.15, 0.2) is 0 Å². The average molecular weight is 298 g/mol. The van der Waals surface area contributed by atoms with Crippen molar-refractivity contribution in [1.29, 1.82) is 0 Å². The highest BCUT2D eigenvalue weighted by Gasteiger charge is 2.13. The van der Waals surface area contributed by atoms with Gasteiger partial charge in [0.25, 0.3) is 0 Å². The Morgan fingerprint density at radius 1 is 1.24 bits per heavy atom. The van der Waals surface area contributed by atoms with E-state index in [9.17, 15) is 4.79 Å². The number of aryl methyl sites for hydroxylation is 2. The molecule has 0 aliphatic carbocycles. The zero-order valence-electron chi connectivity index (χ0n) is 10.9. The molecule has 1 aromatic rings. The highest BCUT2D eigenvalue weighted by Crippen LogP contribution is 2.27. The fourth-order valence-electron chi connectivity index (χ4n) is 1.71. The molecule has 0 heterocycles. The number of halogens is 1. The molecular formula is C14H20BrNO. The predicted molar refractivity (Wildman–Crippen MR) is 76.4 cm³/mol. The molecule has 94 valence electrons. The van der Waals surface area contributed by atoms with Gasteiger partial charge in [-0.25, -0.2) is 0 Å². The van der Waals surface area contributed by atoms with E-state index in [2.05, 4.69) is 47.2 Å². The van der Waals surface area contributed by atoms with E-state index < -0.39 is 0 Å². The van der Waals surface area contributed by atoms with Gasteiger partial charge in [-0.2, -0.15) is 0 Å². The van der Waals surface area contributed by atoms with Crippen LogP contribution in [-0.4, -0.2) is 5.91 Å². The van der Waals surface area contributed by atoms with Crippen LogP contribution in [0.5, 0.6) is 0 Å². The lowest BCUT2D eigenvalue weighted by Crippen LogP contribution is -2.19. The van der Waals surface area contributed by atoms with Gasteiger partial charge in [0, 0.05) is 16.1 Å². The third kappa shape index (κ3) is 3.56. The lowest BCUT2D eigenvalue weighted by molar-refractivity contribution is -0.118. The summed E-state index contributed by atoms with van der Waals surface area (Å²) in [6.07, 6.45) is 1.83. The van der Waals surface area contributed by atoms with Gasteiger partial charge in [-0.15, -0.1) is 0 Å². The molecule has 0 fully saturated rings. The van der Waals surface area contributed by atoms with Crippen LogP contribution in [0.4, 0.5) is 5.69 Å². The van der Waals surface area contributed by atoms with E-state index in [0.717, 1.165) is 23.0 Å². The second-order valence-corrected chi connectivity index (χ2v) is 5.37. The Morgan fingerprint density at radius 3 is 2.06 bits per heavy atom. The van der Waals surface area contributed by atoms with Crippen molar-refractivity contribution in [1.82, 2.24) is 0 Å². The van der Waals surface area contributed by atoms with Crippen LogP contribution in [0.15, 0.2) is 16.6 Å². The highest BCUT2D eigenvalue weighted by molar-refractivity contribution is 9.10. The van der Waals surface area contributed by atoms with Crippen LogP contribution in [0.25, 0.3) is 0 Å². The molecule has 0 aliphatic rings. The molecule has 1 rings (SSSR count). The molecule has 0 aromatic heterocycles. The molecule has 3 heteroatoms. The first-order chi connectivity index (χ1) is 7.99. The van der Waals surface area contributed by atoms with Crippen molar-refractivity contribution in [3.05, 3.63) is 27.7 Å². The van der Waals surface area contributed by atoms with Crippen molar-refractivity contribution < 1.29 is 4.79 Å². The largest absolute Gasteiger partial charge is 0.325 e.